The van der Waals surface area contributed by atoms with Crippen LogP contribution >= 0.6 is 11.5 Å². The minimum atomic E-state index is -1.44. The first-order valence-electron chi connectivity index (χ1n) is 12.0. The fraction of sp³-hybridized carbons (Fsp3) is 0.500. The number of ketones is 1. The first-order chi connectivity index (χ1) is 17.8. The molecule has 0 amide bonds. The molecule has 0 spiro atoms. The summed E-state index contributed by atoms with van der Waals surface area (Å²) in [4.78, 5) is 47.7. The van der Waals surface area contributed by atoms with Crippen molar-refractivity contribution in [3.05, 3.63) is 39.7 Å². The van der Waals surface area contributed by atoms with Crippen LogP contribution in [0.1, 0.15) is 36.2 Å². The van der Waals surface area contributed by atoms with Crippen LogP contribution in [0.3, 0.4) is 0 Å². The molecule has 1 aliphatic rings. The van der Waals surface area contributed by atoms with Crippen molar-refractivity contribution in [2.75, 3.05) is 44.4 Å². The van der Waals surface area contributed by atoms with Gasteiger partial charge in [-0.15, -0.1) is 0 Å². The molecular weight excluding hydrogens is 505 g/mol. The third-order valence-electron chi connectivity index (χ3n) is 6.32. The van der Waals surface area contributed by atoms with E-state index in [-0.39, 0.29) is 58.3 Å². The minimum absolute atomic E-state index is 0.00465. The summed E-state index contributed by atoms with van der Waals surface area (Å²) >= 11 is 0.977. The van der Waals surface area contributed by atoms with Gasteiger partial charge < -0.3 is 19.5 Å². The molecule has 4 rings (SSSR count). The van der Waals surface area contributed by atoms with E-state index in [4.69, 9.17) is 9.47 Å². The third-order valence-corrected chi connectivity index (χ3v) is 6.99. The van der Waals surface area contributed by atoms with Gasteiger partial charge in [-0.2, -0.15) is 4.37 Å². The number of carbonyl (C=O) groups excluding carboxylic acids is 1. The van der Waals surface area contributed by atoms with E-state index in [1.807, 2.05) is 13.8 Å². The SMILES string of the molecule is CCOCC(COCC)CC(=O)C1CN(c2nc3c(c(C)c2F)c(=O)c(C(=O)O)cn3-c2ncns2)C1. The Bertz CT molecular complexity index is 1350. The number of carboxylic acids is 1. The Morgan fingerprint density at radius 3 is 2.49 bits per heavy atom. The van der Waals surface area contributed by atoms with Gasteiger partial charge in [0.15, 0.2) is 17.3 Å². The second-order valence-corrected chi connectivity index (χ2v) is 9.56. The first-order valence-corrected chi connectivity index (χ1v) is 12.7. The van der Waals surface area contributed by atoms with Crippen molar-refractivity contribution >= 4 is 40.1 Å². The van der Waals surface area contributed by atoms with E-state index in [2.05, 4.69) is 14.3 Å². The summed E-state index contributed by atoms with van der Waals surface area (Å²) in [7, 11) is 0. The standard InChI is InChI=1S/C24H28FN5O6S/c1-4-35-10-14(11-36-5-2)6-17(31)15-7-29(8-15)22-19(25)13(3)18-20(32)16(23(33)34)9-30(21(18)28-22)24-26-12-27-37-24/h9,12,14-15H,4-8,10-11H2,1-3H3,(H,33,34). The summed E-state index contributed by atoms with van der Waals surface area (Å²) in [5.74, 6) is -2.46. The average Bonchev–Trinajstić information content (AvgIpc) is 3.37. The van der Waals surface area contributed by atoms with Crippen LogP contribution in [0.2, 0.25) is 0 Å². The number of hydrogen-bond donors (Lipinski definition) is 1. The van der Waals surface area contributed by atoms with E-state index in [9.17, 15) is 19.5 Å². The molecule has 0 bridgehead atoms. The summed E-state index contributed by atoms with van der Waals surface area (Å²) in [5, 5.41) is 9.66. The van der Waals surface area contributed by atoms with Crippen molar-refractivity contribution in [1.82, 2.24) is 18.9 Å². The van der Waals surface area contributed by atoms with Crippen molar-refractivity contribution in [2.45, 2.75) is 27.2 Å². The van der Waals surface area contributed by atoms with E-state index >= 15 is 4.39 Å². The van der Waals surface area contributed by atoms with Gasteiger partial charge in [-0.3, -0.25) is 14.2 Å². The number of anilines is 1. The molecule has 0 atom stereocenters. The number of halogens is 1. The highest BCUT2D eigenvalue weighted by Crippen LogP contribution is 2.32. The molecule has 0 aromatic carbocycles. The Hall–Kier alpha value is -3.29. The number of carbonyl (C=O) groups is 2. The van der Waals surface area contributed by atoms with Crippen molar-refractivity contribution in [3.8, 4) is 5.13 Å². The Morgan fingerprint density at radius 2 is 1.92 bits per heavy atom. The molecule has 1 saturated heterocycles. The lowest BCUT2D eigenvalue weighted by atomic mass is 9.89. The number of aromatic nitrogens is 4. The lowest BCUT2D eigenvalue weighted by Crippen LogP contribution is -2.51. The minimum Gasteiger partial charge on any atom is -0.477 e. The molecule has 1 aliphatic heterocycles. The van der Waals surface area contributed by atoms with Gasteiger partial charge in [-0.05, 0) is 20.8 Å². The third kappa shape index (κ3) is 5.38. The van der Waals surface area contributed by atoms with Gasteiger partial charge >= 0.3 is 5.97 Å². The van der Waals surface area contributed by atoms with Gasteiger partial charge in [0.05, 0.1) is 24.5 Å². The lowest BCUT2D eigenvalue weighted by Gasteiger charge is -2.40. The van der Waals surface area contributed by atoms with Gasteiger partial charge in [-0.1, -0.05) is 0 Å². The van der Waals surface area contributed by atoms with Crippen LogP contribution in [0.25, 0.3) is 16.2 Å². The summed E-state index contributed by atoms with van der Waals surface area (Å²) < 4.78 is 31.7. The molecule has 0 aliphatic carbocycles. The van der Waals surface area contributed by atoms with Gasteiger partial charge in [0.1, 0.15) is 17.7 Å². The summed E-state index contributed by atoms with van der Waals surface area (Å²) in [6.07, 6.45) is 2.72. The quantitative estimate of drug-likeness (QED) is 0.370. The number of hydrogen-bond acceptors (Lipinski definition) is 10. The lowest BCUT2D eigenvalue weighted by molar-refractivity contribution is -0.125. The highest BCUT2D eigenvalue weighted by Gasteiger charge is 2.36. The number of fused-ring (bicyclic) bond motifs is 1. The molecule has 4 heterocycles. The van der Waals surface area contributed by atoms with Gasteiger partial charge in [0.25, 0.3) is 0 Å². The van der Waals surface area contributed by atoms with Crippen LogP contribution in [0.15, 0.2) is 17.3 Å². The molecule has 13 heteroatoms. The van der Waals surface area contributed by atoms with E-state index in [0.717, 1.165) is 17.7 Å². The Morgan fingerprint density at radius 1 is 1.24 bits per heavy atom. The van der Waals surface area contributed by atoms with Crippen LogP contribution in [0.4, 0.5) is 10.2 Å². The molecule has 3 aromatic heterocycles. The molecule has 1 fully saturated rings. The molecular formula is C24H28FN5O6S. The van der Waals surface area contributed by atoms with Crippen molar-refractivity contribution in [1.29, 1.82) is 0 Å². The van der Waals surface area contributed by atoms with Crippen LogP contribution < -0.4 is 10.3 Å². The first kappa shape index (κ1) is 26.8. The predicted molar refractivity (Wildman–Crippen MR) is 134 cm³/mol. The van der Waals surface area contributed by atoms with Crippen molar-refractivity contribution in [2.24, 2.45) is 11.8 Å². The van der Waals surface area contributed by atoms with E-state index in [1.54, 1.807) is 4.90 Å². The van der Waals surface area contributed by atoms with Gasteiger partial charge in [0.2, 0.25) is 10.6 Å². The van der Waals surface area contributed by atoms with E-state index in [0.29, 0.717) is 32.8 Å². The molecule has 3 aromatic rings. The van der Waals surface area contributed by atoms with Gasteiger partial charge in [0, 0.05) is 61.9 Å². The number of aryl methyl sites for hydroxylation is 1. The average molecular weight is 534 g/mol. The molecule has 198 valence electrons. The second kappa shape index (κ2) is 11.4. The summed E-state index contributed by atoms with van der Waals surface area (Å²) in [5.41, 5.74) is -1.30. The Kier molecular flexibility index (Phi) is 8.25. The summed E-state index contributed by atoms with van der Waals surface area (Å²) in [6.45, 7) is 7.72. The van der Waals surface area contributed by atoms with Crippen LogP contribution in [0.5, 0.6) is 0 Å². The molecule has 1 N–H and O–H groups in total. The molecule has 11 nitrogen and oxygen atoms in total. The monoisotopic (exact) mass is 533 g/mol. The summed E-state index contributed by atoms with van der Waals surface area (Å²) in [6, 6.07) is 0. The number of carboxylic acid groups (broad SMARTS) is 1. The molecule has 37 heavy (non-hydrogen) atoms. The van der Waals surface area contributed by atoms with E-state index in [1.165, 1.54) is 17.8 Å². The number of Topliss-reactive ketones (excluding diaryl/α,β-unsaturated/α-hetero) is 1. The number of rotatable bonds is 12. The topological polar surface area (TPSA) is 137 Å². The maximum Gasteiger partial charge on any atom is 0.341 e. The van der Waals surface area contributed by atoms with Crippen molar-refractivity contribution in [3.63, 3.8) is 0 Å². The maximum absolute atomic E-state index is 15.5. The fourth-order valence-corrected chi connectivity index (χ4v) is 4.81. The fourth-order valence-electron chi connectivity index (χ4n) is 4.30. The maximum atomic E-state index is 15.5. The van der Waals surface area contributed by atoms with Crippen LogP contribution in [-0.2, 0) is 14.3 Å². The zero-order valence-electron chi connectivity index (χ0n) is 20.8. The van der Waals surface area contributed by atoms with Crippen molar-refractivity contribution < 1.29 is 28.6 Å². The normalized spacial score (nSPS) is 13.9. The zero-order chi connectivity index (χ0) is 26.7. The van der Waals surface area contributed by atoms with E-state index < -0.39 is 22.8 Å². The van der Waals surface area contributed by atoms with Gasteiger partial charge in [-0.25, -0.2) is 19.2 Å². The largest absolute Gasteiger partial charge is 0.477 e. The zero-order valence-corrected chi connectivity index (χ0v) is 21.6. The van der Waals surface area contributed by atoms with Crippen LogP contribution in [0, 0.1) is 24.6 Å². The predicted octanol–water partition coefficient (Wildman–Crippen LogP) is 2.47. The Balaban J connectivity index is 1.62. The molecule has 0 unspecified atom stereocenters. The highest BCUT2D eigenvalue weighted by molar-refractivity contribution is 7.08. The number of ether oxygens (including phenoxy) is 2. The highest BCUT2D eigenvalue weighted by atomic mass is 32.1. The smallest absolute Gasteiger partial charge is 0.341 e. The number of nitrogens with zero attached hydrogens (tertiary/aromatic N) is 5. The number of aromatic carboxylic acids is 1. The second-order valence-electron chi connectivity index (χ2n) is 8.80. The van der Waals surface area contributed by atoms with Crippen LogP contribution in [-0.4, -0.2) is 75.3 Å². The Labute approximate surface area is 216 Å². The molecule has 0 saturated carbocycles. The number of pyridine rings is 2. The molecule has 0 radical (unpaired) electrons.